The molecule has 0 unspecified atom stereocenters. The van der Waals surface area contributed by atoms with Crippen LogP contribution in [0.2, 0.25) is 0 Å². The Kier molecular flexibility index (Phi) is 17.5. The Morgan fingerprint density at radius 3 is 1.05 bits per heavy atom. The molecule has 0 spiro atoms. The van der Waals surface area contributed by atoms with E-state index in [1.807, 2.05) is 0 Å². The van der Waals surface area contributed by atoms with Crippen LogP contribution in [-0.2, 0) is 19.3 Å². The lowest BCUT2D eigenvalue weighted by molar-refractivity contribution is 0.541. The quantitative estimate of drug-likeness (QED) is 0.273. The van der Waals surface area contributed by atoms with Crippen molar-refractivity contribution in [2.24, 2.45) is 29.6 Å². The zero-order valence-electron chi connectivity index (χ0n) is 27.1. The van der Waals surface area contributed by atoms with Gasteiger partial charge in [-0.25, -0.2) is 0 Å². The molecule has 4 rings (SSSR count). The zero-order valence-corrected chi connectivity index (χ0v) is 27.1. The summed E-state index contributed by atoms with van der Waals surface area (Å²) in [6, 6.07) is 28.2. The van der Waals surface area contributed by atoms with E-state index in [9.17, 15) is 0 Å². The van der Waals surface area contributed by atoms with Crippen LogP contribution < -0.4 is 0 Å². The summed E-state index contributed by atoms with van der Waals surface area (Å²) in [6.45, 7) is 22.3. The second-order valence-electron chi connectivity index (χ2n) is 13.3. The van der Waals surface area contributed by atoms with Gasteiger partial charge in [0.15, 0.2) is 0 Å². The van der Waals surface area contributed by atoms with Gasteiger partial charge >= 0.3 is 0 Å². The van der Waals surface area contributed by atoms with Crippen molar-refractivity contribution in [2.45, 2.75) is 108 Å². The Balaban J connectivity index is 0.000000263. The molecule has 0 N–H and O–H groups in total. The molecule has 1 aliphatic rings. The smallest absolute Gasteiger partial charge is 0.0256 e. The lowest BCUT2D eigenvalue weighted by Gasteiger charge is -2.04. The number of benzene rings is 3. The van der Waals surface area contributed by atoms with Crippen molar-refractivity contribution in [2.75, 3.05) is 0 Å². The molecule has 0 radical (unpaired) electrons. The molecule has 3 aromatic carbocycles. The van der Waals surface area contributed by atoms with Crippen molar-refractivity contribution >= 4 is 0 Å². The van der Waals surface area contributed by atoms with Gasteiger partial charge in [-0.15, -0.1) is 0 Å². The highest BCUT2D eigenvalue weighted by atomic mass is 14.3. The third-order valence-electron chi connectivity index (χ3n) is 6.52. The maximum absolute atomic E-state index is 2.30. The lowest BCUT2D eigenvalue weighted by atomic mass is 10.0. The molecular formula is C39H60. The normalized spacial score (nSPS) is 12.4. The molecule has 0 heterocycles. The molecule has 3 aromatic rings. The lowest BCUT2D eigenvalue weighted by Crippen LogP contribution is -1.93. The first kappa shape index (κ1) is 34.7. The van der Waals surface area contributed by atoms with Crippen LogP contribution in [-0.4, -0.2) is 0 Å². The molecular weight excluding hydrogens is 468 g/mol. The largest absolute Gasteiger partial charge is 0.0628 e. The van der Waals surface area contributed by atoms with E-state index < -0.39 is 0 Å². The topological polar surface area (TPSA) is 0 Å². The van der Waals surface area contributed by atoms with Crippen LogP contribution in [0, 0.1) is 43.4 Å². The second-order valence-corrected chi connectivity index (χ2v) is 13.3. The molecule has 0 nitrogen and oxygen atoms in total. The Bertz CT molecular complexity index is 903. The van der Waals surface area contributed by atoms with E-state index in [0.717, 1.165) is 29.6 Å². The predicted molar refractivity (Wildman–Crippen MR) is 177 cm³/mol. The summed E-state index contributed by atoms with van der Waals surface area (Å²) in [4.78, 5) is 0. The van der Waals surface area contributed by atoms with E-state index in [1.165, 1.54) is 66.3 Å². The van der Waals surface area contributed by atoms with Crippen molar-refractivity contribution in [1.29, 1.82) is 0 Å². The van der Waals surface area contributed by atoms with Gasteiger partial charge in [0.05, 0.1) is 0 Å². The Morgan fingerprint density at radius 2 is 0.795 bits per heavy atom. The van der Waals surface area contributed by atoms with Gasteiger partial charge in [0, 0.05) is 0 Å². The molecule has 216 valence electrons. The van der Waals surface area contributed by atoms with E-state index in [-0.39, 0.29) is 0 Å². The van der Waals surface area contributed by atoms with Crippen molar-refractivity contribution in [3.8, 4) is 0 Å². The molecule has 1 saturated carbocycles. The van der Waals surface area contributed by atoms with Gasteiger partial charge in [0.1, 0.15) is 0 Å². The minimum atomic E-state index is 0.762. The molecule has 1 fully saturated rings. The summed E-state index contributed by atoms with van der Waals surface area (Å²) >= 11 is 0. The van der Waals surface area contributed by atoms with Gasteiger partial charge in [-0.1, -0.05) is 158 Å². The van der Waals surface area contributed by atoms with Crippen LogP contribution in [0.5, 0.6) is 0 Å². The second kappa shape index (κ2) is 19.7. The summed E-state index contributed by atoms with van der Waals surface area (Å²) < 4.78 is 0. The Labute approximate surface area is 243 Å². The summed E-state index contributed by atoms with van der Waals surface area (Å²) in [5, 5.41) is 0. The summed E-state index contributed by atoms with van der Waals surface area (Å²) in [5.74, 6) is 4.35. The van der Waals surface area contributed by atoms with E-state index in [4.69, 9.17) is 0 Å². The van der Waals surface area contributed by atoms with Crippen LogP contribution in [0.4, 0.5) is 0 Å². The molecule has 0 amide bonds. The first-order valence-corrected chi connectivity index (χ1v) is 15.6. The van der Waals surface area contributed by atoms with Gasteiger partial charge in [-0.3, -0.25) is 0 Å². The monoisotopic (exact) mass is 528 g/mol. The average Bonchev–Trinajstić information content (AvgIpc) is 3.66. The van der Waals surface area contributed by atoms with Crippen LogP contribution >= 0.6 is 0 Å². The Morgan fingerprint density at radius 1 is 0.462 bits per heavy atom. The number of aryl methyl sites for hydroxylation is 2. The predicted octanol–water partition coefficient (Wildman–Crippen LogP) is 11.7. The van der Waals surface area contributed by atoms with Crippen molar-refractivity contribution in [1.82, 2.24) is 0 Å². The van der Waals surface area contributed by atoms with Gasteiger partial charge < -0.3 is 0 Å². The van der Waals surface area contributed by atoms with Crippen molar-refractivity contribution < 1.29 is 0 Å². The molecule has 1 aliphatic carbocycles. The van der Waals surface area contributed by atoms with Crippen molar-refractivity contribution in [3.05, 3.63) is 107 Å². The third kappa shape index (κ3) is 20.3. The van der Waals surface area contributed by atoms with Crippen LogP contribution in [0.25, 0.3) is 0 Å². The summed E-state index contributed by atoms with van der Waals surface area (Å²) in [7, 11) is 0. The van der Waals surface area contributed by atoms with Crippen molar-refractivity contribution in [3.63, 3.8) is 0 Å². The van der Waals surface area contributed by atoms with E-state index >= 15 is 0 Å². The number of rotatable bonds is 8. The average molecular weight is 529 g/mol. The zero-order chi connectivity index (χ0) is 29.2. The van der Waals surface area contributed by atoms with Crippen LogP contribution in [0.3, 0.4) is 0 Å². The summed E-state index contributed by atoms with van der Waals surface area (Å²) in [6.07, 6.45) is 8.08. The highest BCUT2D eigenvalue weighted by Gasteiger charge is 2.21. The van der Waals surface area contributed by atoms with Gasteiger partial charge in [-0.2, -0.15) is 0 Å². The first-order chi connectivity index (χ1) is 18.4. The van der Waals surface area contributed by atoms with Crippen LogP contribution in [0.15, 0.2) is 78.9 Å². The van der Waals surface area contributed by atoms with Gasteiger partial charge in [0.25, 0.3) is 0 Å². The Hall–Kier alpha value is -2.34. The first-order valence-electron chi connectivity index (χ1n) is 15.6. The molecule has 0 bridgehead atoms. The fourth-order valence-corrected chi connectivity index (χ4v) is 4.50. The van der Waals surface area contributed by atoms with Gasteiger partial charge in [0.2, 0.25) is 0 Å². The van der Waals surface area contributed by atoms with Crippen LogP contribution in [0.1, 0.15) is 102 Å². The third-order valence-corrected chi connectivity index (χ3v) is 6.52. The fraction of sp³-hybridized carbons (Fsp3) is 0.538. The molecule has 0 aromatic heterocycles. The number of hydrogen-bond acceptors (Lipinski definition) is 0. The molecule has 39 heavy (non-hydrogen) atoms. The molecule has 0 saturated heterocycles. The van der Waals surface area contributed by atoms with E-state index in [1.54, 1.807) is 0 Å². The molecule has 0 heteroatoms. The SMILES string of the molecule is CC(C)CC1CC1.CC(C)Cc1ccccc1.Cc1ccc(CC(C)C)cc1.Cc1ccc(CC(C)C)cc1. The standard InChI is InChI=1S/2C11H16.C10H14.C7H14/c2*1-9(2)8-11-6-4-10(3)5-7-11;1-9(2)8-10-6-4-3-5-7-10;1-6(2)5-7-3-4-7/h2*4-7,9H,8H2,1-3H3;3-7,9H,8H2,1-2H3;6-7H,3-5H2,1-2H3. The molecule has 0 aliphatic heterocycles. The minimum Gasteiger partial charge on any atom is -0.0628 e. The van der Waals surface area contributed by atoms with E-state index in [2.05, 4.69) is 148 Å². The minimum absolute atomic E-state index is 0.762. The fourth-order valence-electron chi connectivity index (χ4n) is 4.50. The highest BCUT2D eigenvalue weighted by molar-refractivity contribution is 5.22. The maximum atomic E-state index is 2.30. The highest BCUT2D eigenvalue weighted by Crippen LogP contribution is 2.34. The maximum Gasteiger partial charge on any atom is -0.0256 e. The van der Waals surface area contributed by atoms with E-state index in [0.29, 0.717) is 0 Å². The summed E-state index contributed by atoms with van der Waals surface area (Å²) in [5.41, 5.74) is 7.03. The van der Waals surface area contributed by atoms with Gasteiger partial charge in [-0.05, 0) is 85.8 Å². The molecule has 0 atom stereocenters. The number of hydrogen-bond donors (Lipinski definition) is 0.